The molecule has 3 aromatic rings. The van der Waals surface area contributed by atoms with Crippen molar-refractivity contribution in [2.45, 2.75) is 33.2 Å². The third-order valence-corrected chi connectivity index (χ3v) is 3.95. The molecule has 2 N–H and O–H groups in total. The first kappa shape index (κ1) is 16.6. The molecule has 0 saturated heterocycles. The summed E-state index contributed by atoms with van der Waals surface area (Å²) in [5.74, 6) is -1.18. The van der Waals surface area contributed by atoms with Gasteiger partial charge in [0, 0.05) is 23.7 Å². The molecule has 0 unspecified atom stereocenters. The maximum Gasteiger partial charge on any atom is 0.331 e. The zero-order valence-corrected chi connectivity index (χ0v) is 14.3. The van der Waals surface area contributed by atoms with Crippen molar-refractivity contribution in [3.05, 3.63) is 41.5 Å². The van der Waals surface area contributed by atoms with Crippen LogP contribution in [0.2, 0.25) is 0 Å². The van der Waals surface area contributed by atoms with Gasteiger partial charge in [-0.3, -0.25) is 9.48 Å². The minimum Gasteiger partial charge on any atom is -0.479 e. The van der Waals surface area contributed by atoms with Gasteiger partial charge >= 0.3 is 5.97 Å². The fourth-order valence-electron chi connectivity index (χ4n) is 2.41. The Kier molecular flexibility index (Phi) is 3.78. The summed E-state index contributed by atoms with van der Waals surface area (Å²) < 4.78 is 2.88. The number of anilines is 1. The van der Waals surface area contributed by atoms with Crippen molar-refractivity contribution in [3.8, 4) is 0 Å². The van der Waals surface area contributed by atoms with Crippen molar-refractivity contribution < 1.29 is 14.7 Å². The molecule has 1 amide bonds. The van der Waals surface area contributed by atoms with Crippen LogP contribution in [0.5, 0.6) is 0 Å². The quantitative estimate of drug-likeness (QED) is 0.744. The summed E-state index contributed by atoms with van der Waals surface area (Å²) in [6, 6.07) is 3.41. The van der Waals surface area contributed by atoms with E-state index in [-0.39, 0.29) is 5.82 Å². The van der Waals surface area contributed by atoms with Gasteiger partial charge in [0.2, 0.25) is 0 Å². The number of hydrogen-bond acceptors (Lipinski definition) is 5. The number of nitrogens with zero attached hydrogens (tertiary/aromatic N) is 5. The van der Waals surface area contributed by atoms with Crippen LogP contribution < -0.4 is 5.32 Å². The molecule has 0 aromatic carbocycles. The Hall–Kier alpha value is -3.23. The van der Waals surface area contributed by atoms with Crippen molar-refractivity contribution in [2.75, 3.05) is 5.32 Å². The van der Waals surface area contributed by atoms with E-state index in [1.54, 1.807) is 4.52 Å². The Balaban J connectivity index is 1.89. The first-order chi connectivity index (χ1) is 11.7. The number of aryl methyl sites for hydroxylation is 2. The van der Waals surface area contributed by atoms with Crippen molar-refractivity contribution in [3.63, 3.8) is 0 Å². The van der Waals surface area contributed by atoms with Crippen molar-refractivity contribution in [1.82, 2.24) is 24.4 Å². The fourth-order valence-corrected chi connectivity index (χ4v) is 2.41. The molecule has 25 heavy (non-hydrogen) atoms. The van der Waals surface area contributed by atoms with Gasteiger partial charge in [0.05, 0.1) is 6.20 Å². The largest absolute Gasteiger partial charge is 0.479 e. The molecule has 9 nitrogen and oxygen atoms in total. The number of hydrogen-bond donors (Lipinski definition) is 2. The van der Waals surface area contributed by atoms with E-state index in [2.05, 4.69) is 20.5 Å². The first-order valence-corrected chi connectivity index (χ1v) is 7.63. The minimum absolute atomic E-state index is 0.253. The summed E-state index contributed by atoms with van der Waals surface area (Å²) in [6.45, 7) is 6.77. The topological polar surface area (TPSA) is 114 Å². The third kappa shape index (κ3) is 2.84. The monoisotopic (exact) mass is 342 g/mol. The molecule has 0 bridgehead atoms. The molecule has 0 aliphatic carbocycles. The summed E-state index contributed by atoms with van der Waals surface area (Å²) in [6.07, 6.45) is 2.95. The predicted molar refractivity (Wildman–Crippen MR) is 89.6 cm³/mol. The number of carboxylic acid groups (broad SMARTS) is 1. The van der Waals surface area contributed by atoms with E-state index in [1.807, 2.05) is 19.9 Å². The molecule has 0 saturated carbocycles. The van der Waals surface area contributed by atoms with E-state index in [0.29, 0.717) is 11.2 Å². The average Bonchev–Trinajstić information content (AvgIpc) is 3.14. The highest BCUT2D eigenvalue weighted by Gasteiger charge is 2.30. The van der Waals surface area contributed by atoms with Crippen LogP contribution in [0.25, 0.3) is 5.65 Å². The number of amides is 1. The van der Waals surface area contributed by atoms with Gasteiger partial charge in [-0.2, -0.15) is 10.2 Å². The van der Waals surface area contributed by atoms with Gasteiger partial charge in [0.15, 0.2) is 17.0 Å². The van der Waals surface area contributed by atoms with E-state index in [0.717, 1.165) is 11.4 Å². The number of aliphatic carboxylic acids is 1. The summed E-state index contributed by atoms with van der Waals surface area (Å²) in [7, 11) is 0. The van der Waals surface area contributed by atoms with Crippen LogP contribution in [0, 0.1) is 13.8 Å². The molecular weight excluding hydrogens is 324 g/mol. The second-order valence-corrected chi connectivity index (χ2v) is 6.30. The summed E-state index contributed by atoms with van der Waals surface area (Å²) in [5.41, 5.74) is 1.21. The molecule has 3 aromatic heterocycles. The molecule has 3 rings (SSSR count). The highest BCUT2D eigenvalue weighted by atomic mass is 16.4. The number of carbonyl (C=O) groups excluding carboxylic acids is 1. The van der Waals surface area contributed by atoms with Crippen LogP contribution in [0.4, 0.5) is 5.82 Å². The fraction of sp³-hybridized carbons (Fsp3) is 0.312. The molecule has 0 atom stereocenters. The van der Waals surface area contributed by atoms with Crippen molar-refractivity contribution in [1.29, 1.82) is 0 Å². The highest BCUT2D eigenvalue weighted by Crippen LogP contribution is 2.18. The smallest absolute Gasteiger partial charge is 0.331 e. The number of nitrogens with one attached hydrogen (secondary N) is 1. The lowest BCUT2D eigenvalue weighted by molar-refractivity contribution is -0.146. The molecule has 0 spiro atoms. The van der Waals surface area contributed by atoms with Gasteiger partial charge in [0.25, 0.3) is 5.91 Å². The zero-order valence-electron chi connectivity index (χ0n) is 14.3. The Bertz CT molecular complexity index is 985. The lowest BCUT2D eigenvalue weighted by Crippen LogP contribution is -2.36. The van der Waals surface area contributed by atoms with Crippen LogP contribution in [0.3, 0.4) is 0 Å². The molecule has 0 aliphatic heterocycles. The zero-order chi connectivity index (χ0) is 18.4. The van der Waals surface area contributed by atoms with E-state index in [1.165, 1.54) is 37.0 Å². The van der Waals surface area contributed by atoms with E-state index >= 15 is 0 Å². The SMILES string of the molecule is Cc1cc(C)n2ncc(C(=O)Nc3ccn(C(C)(C)C(=O)O)n3)c2n1. The summed E-state index contributed by atoms with van der Waals surface area (Å²) >= 11 is 0. The Labute approximate surface area is 143 Å². The van der Waals surface area contributed by atoms with E-state index < -0.39 is 17.4 Å². The van der Waals surface area contributed by atoms with Crippen LogP contribution >= 0.6 is 0 Å². The Morgan fingerprint density at radius 2 is 2.00 bits per heavy atom. The summed E-state index contributed by atoms with van der Waals surface area (Å²) in [5, 5.41) is 20.2. The van der Waals surface area contributed by atoms with Gasteiger partial charge in [0.1, 0.15) is 5.56 Å². The molecule has 130 valence electrons. The van der Waals surface area contributed by atoms with Gasteiger partial charge in [-0.15, -0.1) is 0 Å². The highest BCUT2D eigenvalue weighted by molar-refractivity contribution is 6.07. The normalized spacial score (nSPS) is 11.7. The van der Waals surface area contributed by atoms with Crippen LogP contribution in [-0.2, 0) is 10.3 Å². The van der Waals surface area contributed by atoms with E-state index in [9.17, 15) is 14.7 Å². The molecular formula is C16H18N6O3. The van der Waals surface area contributed by atoms with Crippen LogP contribution in [0.15, 0.2) is 24.5 Å². The van der Waals surface area contributed by atoms with Gasteiger partial charge in [-0.25, -0.2) is 14.3 Å². The minimum atomic E-state index is -1.22. The van der Waals surface area contributed by atoms with Crippen LogP contribution in [0.1, 0.15) is 35.6 Å². The Morgan fingerprint density at radius 1 is 1.28 bits per heavy atom. The lowest BCUT2D eigenvalue weighted by atomic mass is 10.1. The third-order valence-electron chi connectivity index (χ3n) is 3.95. The van der Waals surface area contributed by atoms with Crippen molar-refractivity contribution >= 4 is 23.3 Å². The standard InChI is InChI=1S/C16H18N6O3/c1-9-7-10(2)22-13(18-9)11(8-17-22)14(23)19-12-5-6-21(20-12)16(3,4)15(24)25/h5-8H,1-4H3,(H,24,25)(H,19,20,23). The average molecular weight is 342 g/mol. The molecule has 9 heteroatoms. The number of fused-ring (bicyclic) bond motifs is 1. The number of carboxylic acids is 1. The molecule has 0 aliphatic rings. The lowest BCUT2D eigenvalue weighted by Gasteiger charge is -2.19. The molecule has 0 fully saturated rings. The second kappa shape index (κ2) is 5.69. The van der Waals surface area contributed by atoms with Gasteiger partial charge in [-0.05, 0) is 33.8 Å². The molecule has 3 heterocycles. The van der Waals surface area contributed by atoms with Gasteiger partial charge < -0.3 is 10.4 Å². The number of aromatic nitrogens is 5. The van der Waals surface area contributed by atoms with Gasteiger partial charge in [-0.1, -0.05) is 0 Å². The van der Waals surface area contributed by atoms with E-state index in [4.69, 9.17) is 0 Å². The predicted octanol–water partition coefficient (Wildman–Crippen LogP) is 1.61. The number of rotatable bonds is 4. The first-order valence-electron chi connectivity index (χ1n) is 7.63. The summed E-state index contributed by atoms with van der Waals surface area (Å²) in [4.78, 5) is 28.2. The maximum absolute atomic E-state index is 12.5. The second-order valence-electron chi connectivity index (χ2n) is 6.30. The number of carbonyl (C=O) groups is 2. The van der Waals surface area contributed by atoms with Crippen LogP contribution in [-0.4, -0.2) is 41.4 Å². The molecule has 0 radical (unpaired) electrons. The van der Waals surface area contributed by atoms with Crippen molar-refractivity contribution in [2.24, 2.45) is 0 Å². The maximum atomic E-state index is 12.5. The Morgan fingerprint density at radius 3 is 2.68 bits per heavy atom.